The minimum absolute atomic E-state index is 0.0102. The van der Waals surface area contributed by atoms with Crippen molar-refractivity contribution in [3.8, 4) is 11.8 Å². The molecule has 1 aromatic carbocycles. The molecule has 3 aliphatic rings. The van der Waals surface area contributed by atoms with Crippen LogP contribution < -0.4 is 5.32 Å². The van der Waals surface area contributed by atoms with Gasteiger partial charge < -0.3 is 10.2 Å². The first-order valence-electron chi connectivity index (χ1n) is 10.5. The van der Waals surface area contributed by atoms with Crippen LogP contribution in [0.5, 0.6) is 0 Å². The van der Waals surface area contributed by atoms with Crippen molar-refractivity contribution in [2.75, 3.05) is 13.1 Å². The highest BCUT2D eigenvalue weighted by Crippen LogP contribution is 2.48. The fraction of sp³-hybridized carbons (Fsp3) is 0.542. The zero-order valence-corrected chi connectivity index (χ0v) is 17.4. The highest BCUT2D eigenvalue weighted by molar-refractivity contribution is 6.10. The molecule has 3 fully saturated rings. The predicted molar refractivity (Wildman–Crippen MR) is 111 cm³/mol. The van der Waals surface area contributed by atoms with E-state index < -0.39 is 5.92 Å². The van der Waals surface area contributed by atoms with Crippen molar-refractivity contribution in [3.05, 3.63) is 34.4 Å². The Morgan fingerprint density at radius 3 is 2.38 bits per heavy atom. The predicted octanol–water partition coefficient (Wildman–Crippen LogP) is 3.25. The monoisotopic (exact) mass is 392 g/mol. The van der Waals surface area contributed by atoms with Gasteiger partial charge in [-0.3, -0.25) is 9.59 Å². The highest BCUT2D eigenvalue weighted by Gasteiger charge is 2.50. The van der Waals surface area contributed by atoms with Crippen LogP contribution in [0.2, 0.25) is 0 Å². The Hall–Kier alpha value is -2.61. The summed E-state index contributed by atoms with van der Waals surface area (Å²) in [5.74, 6) is 5.38. The first-order valence-corrected chi connectivity index (χ1v) is 10.5. The molecule has 2 saturated heterocycles. The molecule has 1 spiro atoms. The van der Waals surface area contributed by atoms with E-state index in [-0.39, 0.29) is 29.1 Å². The smallest absolute Gasteiger partial charge is 0.317 e. The number of carbonyl (C=O) groups is 3. The van der Waals surface area contributed by atoms with E-state index in [0.717, 1.165) is 41.5 Å². The zero-order valence-electron chi connectivity index (χ0n) is 17.4. The molecule has 1 aromatic rings. The molecule has 1 aliphatic carbocycles. The summed E-state index contributed by atoms with van der Waals surface area (Å²) in [6.45, 7) is 7.03. The SMILES string of the molecule is CC#Cc1cc(C)c(C2C(=O)CC3(CCN4C(=O)NCCC4C3)CC2=O)c(C)c1. The molecule has 152 valence electrons. The Labute approximate surface area is 172 Å². The van der Waals surface area contributed by atoms with Crippen LogP contribution in [0.25, 0.3) is 0 Å². The summed E-state index contributed by atoms with van der Waals surface area (Å²) < 4.78 is 0. The van der Waals surface area contributed by atoms with Crippen LogP contribution in [0.4, 0.5) is 4.79 Å². The third-order valence-electron chi connectivity index (χ3n) is 6.90. The Balaban J connectivity index is 1.59. The molecule has 2 heterocycles. The van der Waals surface area contributed by atoms with Crippen molar-refractivity contribution in [2.45, 2.75) is 64.8 Å². The summed E-state index contributed by atoms with van der Waals surface area (Å²) in [6, 6.07) is 4.08. The molecule has 5 nitrogen and oxygen atoms in total. The summed E-state index contributed by atoms with van der Waals surface area (Å²) in [7, 11) is 0. The van der Waals surface area contributed by atoms with E-state index in [0.29, 0.717) is 25.9 Å². The number of hydrogen-bond donors (Lipinski definition) is 1. The lowest BCUT2D eigenvalue weighted by atomic mass is 9.61. The number of urea groups is 1. The fourth-order valence-corrected chi connectivity index (χ4v) is 5.70. The van der Waals surface area contributed by atoms with Gasteiger partial charge in [-0.1, -0.05) is 5.92 Å². The maximum atomic E-state index is 13.3. The maximum Gasteiger partial charge on any atom is 0.317 e. The van der Waals surface area contributed by atoms with Gasteiger partial charge in [0.25, 0.3) is 0 Å². The molecule has 5 heteroatoms. The normalized spacial score (nSPS) is 29.2. The van der Waals surface area contributed by atoms with Gasteiger partial charge in [-0.05, 0) is 74.3 Å². The summed E-state index contributed by atoms with van der Waals surface area (Å²) in [5.41, 5.74) is 3.43. The molecule has 1 saturated carbocycles. The van der Waals surface area contributed by atoms with Crippen LogP contribution in [-0.2, 0) is 9.59 Å². The summed E-state index contributed by atoms with van der Waals surface area (Å²) in [6.07, 6.45) is 3.24. The van der Waals surface area contributed by atoms with E-state index in [1.54, 1.807) is 6.92 Å². The lowest BCUT2D eigenvalue weighted by Gasteiger charge is -2.50. The van der Waals surface area contributed by atoms with Gasteiger partial charge >= 0.3 is 6.03 Å². The maximum absolute atomic E-state index is 13.3. The third kappa shape index (κ3) is 3.46. The standard InChI is InChI=1S/C24H28N2O3/c1-4-5-17-10-15(2)21(16(3)11-17)22-19(27)13-24(14-20(22)28)7-9-26-18(12-24)6-8-25-23(26)29/h10-11,18,22H,6-9,12-14H2,1-3H3,(H,25,29). The van der Waals surface area contributed by atoms with E-state index in [1.165, 1.54) is 0 Å². The number of piperidine rings is 1. The molecule has 0 bridgehead atoms. The van der Waals surface area contributed by atoms with Crippen molar-refractivity contribution < 1.29 is 14.4 Å². The van der Waals surface area contributed by atoms with Crippen LogP contribution in [0.1, 0.15) is 67.2 Å². The molecule has 1 atom stereocenters. The number of rotatable bonds is 1. The number of fused-ring (bicyclic) bond motifs is 1. The largest absolute Gasteiger partial charge is 0.338 e. The van der Waals surface area contributed by atoms with Crippen LogP contribution in [-0.4, -0.2) is 41.6 Å². The Bertz CT molecular complexity index is 912. The highest BCUT2D eigenvalue weighted by atomic mass is 16.2. The Morgan fingerprint density at radius 2 is 1.76 bits per heavy atom. The van der Waals surface area contributed by atoms with Crippen molar-refractivity contribution in [2.24, 2.45) is 5.41 Å². The second-order valence-corrected chi connectivity index (χ2v) is 8.94. The molecular weight excluding hydrogens is 364 g/mol. The number of ketones is 2. The number of aryl methyl sites for hydroxylation is 2. The second kappa shape index (κ2) is 7.33. The van der Waals surface area contributed by atoms with Gasteiger partial charge in [-0.2, -0.15) is 0 Å². The second-order valence-electron chi connectivity index (χ2n) is 8.94. The molecule has 1 unspecified atom stereocenters. The number of carbonyl (C=O) groups excluding carboxylic acids is 3. The lowest BCUT2D eigenvalue weighted by molar-refractivity contribution is -0.138. The Morgan fingerprint density at radius 1 is 1.10 bits per heavy atom. The van der Waals surface area contributed by atoms with Gasteiger partial charge in [0.05, 0.1) is 0 Å². The summed E-state index contributed by atoms with van der Waals surface area (Å²) in [4.78, 5) is 40.5. The first-order chi connectivity index (χ1) is 13.8. The van der Waals surface area contributed by atoms with Gasteiger partial charge in [0, 0.05) is 37.5 Å². The van der Waals surface area contributed by atoms with Gasteiger partial charge in [0.1, 0.15) is 17.5 Å². The minimum Gasteiger partial charge on any atom is -0.338 e. The van der Waals surface area contributed by atoms with Gasteiger partial charge in [-0.25, -0.2) is 4.79 Å². The van der Waals surface area contributed by atoms with Crippen molar-refractivity contribution in [1.29, 1.82) is 0 Å². The molecular formula is C24H28N2O3. The molecule has 2 aliphatic heterocycles. The zero-order chi connectivity index (χ0) is 20.8. The quantitative estimate of drug-likeness (QED) is 0.589. The molecule has 1 N–H and O–H groups in total. The number of hydrogen-bond acceptors (Lipinski definition) is 3. The topological polar surface area (TPSA) is 66.5 Å². The van der Waals surface area contributed by atoms with Crippen LogP contribution in [0.3, 0.4) is 0 Å². The first kappa shape index (κ1) is 19.7. The number of Topliss-reactive ketones (excluding diaryl/α,β-unsaturated/α-hetero) is 2. The fourth-order valence-electron chi connectivity index (χ4n) is 5.70. The van der Waals surface area contributed by atoms with Crippen molar-refractivity contribution >= 4 is 17.6 Å². The molecule has 4 rings (SSSR count). The number of amides is 2. The molecule has 0 aromatic heterocycles. The van der Waals surface area contributed by atoms with E-state index in [4.69, 9.17) is 0 Å². The van der Waals surface area contributed by atoms with E-state index in [2.05, 4.69) is 17.2 Å². The summed E-state index contributed by atoms with van der Waals surface area (Å²) >= 11 is 0. The number of nitrogens with one attached hydrogen (secondary N) is 1. The van der Waals surface area contributed by atoms with Gasteiger partial charge in [-0.15, -0.1) is 5.92 Å². The van der Waals surface area contributed by atoms with E-state index >= 15 is 0 Å². The van der Waals surface area contributed by atoms with E-state index in [9.17, 15) is 14.4 Å². The molecule has 2 amide bonds. The average Bonchev–Trinajstić information content (AvgIpc) is 2.63. The van der Waals surface area contributed by atoms with E-state index in [1.807, 2.05) is 30.9 Å². The summed E-state index contributed by atoms with van der Waals surface area (Å²) in [5, 5.41) is 2.89. The lowest BCUT2D eigenvalue weighted by Crippen LogP contribution is -2.59. The molecule has 0 radical (unpaired) electrons. The van der Waals surface area contributed by atoms with Crippen LogP contribution in [0.15, 0.2) is 12.1 Å². The van der Waals surface area contributed by atoms with Gasteiger partial charge in [0.2, 0.25) is 0 Å². The Kier molecular flexibility index (Phi) is 4.98. The van der Waals surface area contributed by atoms with Crippen LogP contribution >= 0.6 is 0 Å². The number of nitrogens with zero attached hydrogens (tertiary/aromatic N) is 1. The average molecular weight is 392 g/mol. The third-order valence-corrected chi connectivity index (χ3v) is 6.90. The van der Waals surface area contributed by atoms with Crippen molar-refractivity contribution in [3.63, 3.8) is 0 Å². The van der Waals surface area contributed by atoms with Crippen LogP contribution in [0, 0.1) is 31.1 Å². The molecule has 29 heavy (non-hydrogen) atoms. The minimum atomic E-state index is -0.656. The van der Waals surface area contributed by atoms with Crippen molar-refractivity contribution in [1.82, 2.24) is 10.2 Å². The number of benzene rings is 1. The van der Waals surface area contributed by atoms with Gasteiger partial charge in [0.15, 0.2) is 0 Å².